The van der Waals surface area contributed by atoms with E-state index in [1.165, 1.54) is 0 Å². The van der Waals surface area contributed by atoms with E-state index in [1.54, 1.807) is 60.7 Å². The summed E-state index contributed by atoms with van der Waals surface area (Å²) in [6.45, 7) is 0.0103. The molecule has 2 aromatic carbocycles. The van der Waals surface area contributed by atoms with Crippen molar-refractivity contribution in [2.45, 2.75) is 30.7 Å². The Bertz CT molecular complexity index is 932. The Kier molecular flexibility index (Phi) is 5.44. The standard InChI is InChI=1S/C20H17N3O6/c21-23-22-11-14-15-16(27-18(24)12-7-3-1-4-8-12)17(20(26-14)29-15)28-19(25)13-9-5-2-6-10-13/h1-10,14-17,20H,11H2/t14-,15+,16+,17-,20?/m1/s1. The molecule has 0 saturated carbocycles. The topological polar surface area (TPSA) is 120 Å². The summed E-state index contributed by atoms with van der Waals surface area (Å²) in [4.78, 5) is 27.8. The molecule has 0 spiro atoms. The SMILES string of the molecule is [N-]=[N+]=NC[C@H]1OC2O[C@@H]1[C@H](OC(=O)c1ccccc1)[C@H]2OC(=O)c1ccccc1. The van der Waals surface area contributed by atoms with Crippen molar-refractivity contribution in [1.82, 2.24) is 0 Å². The highest BCUT2D eigenvalue weighted by Gasteiger charge is 2.59. The molecule has 9 heteroatoms. The van der Waals surface area contributed by atoms with E-state index >= 15 is 0 Å². The van der Waals surface area contributed by atoms with Crippen LogP contribution in [-0.2, 0) is 18.9 Å². The van der Waals surface area contributed by atoms with Crippen molar-refractivity contribution >= 4 is 11.9 Å². The summed E-state index contributed by atoms with van der Waals surface area (Å²) in [6.07, 6.45) is -4.07. The lowest BCUT2D eigenvalue weighted by molar-refractivity contribution is -0.138. The predicted octanol–water partition coefficient (Wildman–Crippen LogP) is 2.87. The van der Waals surface area contributed by atoms with E-state index in [2.05, 4.69) is 10.0 Å². The average Bonchev–Trinajstić information content (AvgIpc) is 3.32. The molecule has 2 aromatic rings. The van der Waals surface area contributed by atoms with E-state index in [0.717, 1.165) is 0 Å². The summed E-state index contributed by atoms with van der Waals surface area (Å²) in [5.74, 6) is -1.15. The van der Waals surface area contributed by atoms with Gasteiger partial charge in [0.05, 0.1) is 23.8 Å². The molecular weight excluding hydrogens is 378 g/mol. The molecule has 0 aliphatic carbocycles. The fourth-order valence-corrected chi connectivity index (χ4v) is 3.36. The number of carbonyl (C=O) groups is 2. The maximum atomic E-state index is 12.6. The first-order valence-corrected chi connectivity index (χ1v) is 9.01. The quantitative estimate of drug-likeness (QED) is 0.321. The first-order chi connectivity index (χ1) is 14.2. The van der Waals surface area contributed by atoms with Crippen LogP contribution in [0.4, 0.5) is 0 Å². The van der Waals surface area contributed by atoms with Gasteiger partial charge in [0.25, 0.3) is 0 Å². The van der Waals surface area contributed by atoms with Gasteiger partial charge in [0.2, 0.25) is 0 Å². The first kappa shape index (κ1) is 18.9. The van der Waals surface area contributed by atoms with Crippen molar-refractivity contribution in [2.24, 2.45) is 5.11 Å². The van der Waals surface area contributed by atoms with E-state index in [1.807, 2.05) is 0 Å². The third-order valence-corrected chi connectivity index (χ3v) is 4.71. The lowest BCUT2D eigenvalue weighted by Crippen LogP contribution is -2.50. The van der Waals surface area contributed by atoms with E-state index in [9.17, 15) is 9.59 Å². The van der Waals surface area contributed by atoms with Crippen LogP contribution < -0.4 is 0 Å². The Morgan fingerprint density at radius 2 is 1.45 bits per heavy atom. The Balaban J connectivity index is 1.53. The number of carbonyl (C=O) groups excluding carboxylic acids is 2. The van der Waals surface area contributed by atoms with Crippen LogP contribution in [0, 0.1) is 0 Å². The highest BCUT2D eigenvalue weighted by atomic mass is 16.8. The zero-order valence-corrected chi connectivity index (χ0v) is 15.2. The van der Waals surface area contributed by atoms with Crippen molar-refractivity contribution in [3.63, 3.8) is 0 Å². The van der Waals surface area contributed by atoms with Gasteiger partial charge in [-0.3, -0.25) is 0 Å². The van der Waals surface area contributed by atoms with Crippen LogP contribution in [0.3, 0.4) is 0 Å². The van der Waals surface area contributed by atoms with Gasteiger partial charge in [0.15, 0.2) is 18.5 Å². The molecule has 148 valence electrons. The van der Waals surface area contributed by atoms with Crippen LogP contribution >= 0.6 is 0 Å². The average molecular weight is 395 g/mol. The number of hydrogen-bond donors (Lipinski definition) is 0. The van der Waals surface area contributed by atoms with Crippen LogP contribution in [0.25, 0.3) is 10.4 Å². The third-order valence-electron chi connectivity index (χ3n) is 4.71. The van der Waals surface area contributed by atoms with Crippen molar-refractivity contribution in [3.05, 3.63) is 82.2 Å². The van der Waals surface area contributed by atoms with Crippen LogP contribution in [0.5, 0.6) is 0 Å². The zero-order chi connectivity index (χ0) is 20.2. The van der Waals surface area contributed by atoms with Gasteiger partial charge in [-0.15, -0.1) is 0 Å². The van der Waals surface area contributed by atoms with Crippen molar-refractivity contribution in [2.75, 3.05) is 6.54 Å². The molecule has 0 N–H and O–H groups in total. The van der Waals surface area contributed by atoms with Gasteiger partial charge in [0.1, 0.15) is 6.10 Å². The maximum absolute atomic E-state index is 12.6. The number of nitrogens with zero attached hydrogens (tertiary/aromatic N) is 3. The fourth-order valence-electron chi connectivity index (χ4n) is 3.36. The summed E-state index contributed by atoms with van der Waals surface area (Å²) in [5.41, 5.74) is 9.27. The molecule has 5 atom stereocenters. The number of benzene rings is 2. The number of rotatable bonds is 6. The van der Waals surface area contributed by atoms with Crippen LogP contribution in [0.1, 0.15) is 20.7 Å². The van der Waals surface area contributed by atoms with Gasteiger partial charge in [-0.05, 0) is 29.8 Å². The minimum absolute atomic E-state index is 0.0103. The third kappa shape index (κ3) is 3.93. The summed E-state index contributed by atoms with van der Waals surface area (Å²) >= 11 is 0. The van der Waals surface area contributed by atoms with E-state index in [4.69, 9.17) is 24.5 Å². The summed E-state index contributed by atoms with van der Waals surface area (Å²) in [6, 6.07) is 16.9. The van der Waals surface area contributed by atoms with Gasteiger partial charge >= 0.3 is 11.9 Å². The van der Waals surface area contributed by atoms with Crippen LogP contribution in [-0.4, -0.2) is 49.2 Å². The normalized spacial score (nSPS) is 27.1. The minimum atomic E-state index is -0.942. The fraction of sp³-hybridized carbons (Fsp3) is 0.300. The van der Waals surface area contributed by atoms with Gasteiger partial charge in [-0.25, -0.2) is 9.59 Å². The smallest absolute Gasteiger partial charge is 0.338 e. The minimum Gasteiger partial charge on any atom is -0.452 e. The van der Waals surface area contributed by atoms with E-state index < -0.39 is 42.6 Å². The second kappa shape index (κ2) is 8.32. The van der Waals surface area contributed by atoms with E-state index in [0.29, 0.717) is 11.1 Å². The molecule has 0 radical (unpaired) electrons. The molecule has 2 saturated heterocycles. The van der Waals surface area contributed by atoms with E-state index in [-0.39, 0.29) is 6.54 Å². The molecule has 9 nitrogen and oxygen atoms in total. The Morgan fingerprint density at radius 3 is 2.00 bits per heavy atom. The predicted molar refractivity (Wildman–Crippen MR) is 98.8 cm³/mol. The second-order valence-corrected chi connectivity index (χ2v) is 6.53. The molecule has 2 aliphatic heterocycles. The zero-order valence-electron chi connectivity index (χ0n) is 15.2. The van der Waals surface area contributed by atoms with Gasteiger partial charge < -0.3 is 18.9 Å². The molecular formula is C20H17N3O6. The van der Waals surface area contributed by atoms with Crippen molar-refractivity contribution in [1.29, 1.82) is 0 Å². The van der Waals surface area contributed by atoms with Gasteiger partial charge in [0, 0.05) is 4.91 Å². The molecule has 0 amide bonds. The summed E-state index contributed by atoms with van der Waals surface area (Å²) in [7, 11) is 0. The summed E-state index contributed by atoms with van der Waals surface area (Å²) < 4.78 is 22.6. The van der Waals surface area contributed by atoms with Crippen LogP contribution in [0.2, 0.25) is 0 Å². The number of esters is 2. The number of ether oxygens (including phenoxy) is 4. The molecule has 2 bridgehead atoms. The lowest BCUT2D eigenvalue weighted by Gasteiger charge is -2.31. The highest BCUT2D eigenvalue weighted by molar-refractivity contribution is 5.90. The molecule has 2 heterocycles. The number of fused-ring (bicyclic) bond motifs is 2. The maximum Gasteiger partial charge on any atom is 0.338 e. The Morgan fingerprint density at radius 1 is 0.897 bits per heavy atom. The Hall–Kier alpha value is -3.39. The largest absolute Gasteiger partial charge is 0.452 e. The molecule has 0 aromatic heterocycles. The molecule has 2 aliphatic rings. The Labute approximate surface area is 165 Å². The number of azide groups is 1. The van der Waals surface area contributed by atoms with Crippen LogP contribution in [0.15, 0.2) is 65.8 Å². The molecule has 4 rings (SSSR count). The second-order valence-electron chi connectivity index (χ2n) is 6.53. The first-order valence-electron chi connectivity index (χ1n) is 9.01. The van der Waals surface area contributed by atoms with Gasteiger partial charge in [-0.2, -0.15) is 0 Å². The molecule has 29 heavy (non-hydrogen) atoms. The number of hydrogen-bond acceptors (Lipinski definition) is 7. The van der Waals surface area contributed by atoms with Gasteiger partial charge in [-0.1, -0.05) is 41.5 Å². The lowest BCUT2D eigenvalue weighted by atomic mass is 10.0. The monoisotopic (exact) mass is 395 g/mol. The molecule has 1 unspecified atom stereocenters. The van der Waals surface area contributed by atoms with Crippen molar-refractivity contribution < 1.29 is 28.5 Å². The highest BCUT2D eigenvalue weighted by Crippen LogP contribution is 2.38. The van der Waals surface area contributed by atoms with Crippen molar-refractivity contribution in [3.8, 4) is 0 Å². The molecule has 2 fully saturated rings. The summed E-state index contributed by atoms with van der Waals surface area (Å²) in [5, 5.41) is 3.51.